The summed E-state index contributed by atoms with van der Waals surface area (Å²) in [4.78, 5) is 31.2. The highest BCUT2D eigenvalue weighted by atomic mass is 16.2. The fourth-order valence-electron chi connectivity index (χ4n) is 3.27. The van der Waals surface area contributed by atoms with E-state index >= 15 is 0 Å². The van der Waals surface area contributed by atoms with E-state index in [0.717, 1.165) is 11.1 Å². The first-order chi connectivity index (χ1) is 12.5. The molecule has 0 radical (unpaired) electrons. The first kappa shape index (κ1) is 17.6. The minimum Gasteiger partial charge on any atom is -0.370 e. The van der Waals surface area contributed by atoms with Gasteiger partial charge in [0.2, 0.25) is 0 Å². The molecule has 0 aromatic heterocycles. The van der Waals surface area contributed by atoms with Gasteiger partial charge < -0.3 is 22.1 Å². The van der Waals surface area contributed by atoms with E-state index in [9.17, 15) is 9.59 Å². The zero-order valence-electron chi connectivity index (χ0n) is 14.3. The molecule has 1 atom stereocenters. The number of hydrogen-bond donors (Lipinski definition) is 3. The number of nitrogens with zero attached hydrogens (tertiary/aromatic N) is 2. The van der Waals surface area contributed by atoms with E-state index in [2.05, 4.69) is 4.99 Å². The monoisotopic (exact) mass is 351 g/mol. The minimum atomic E-state index is -0.677. The Morgan fingerprint density at radius 1 is 1.12 bits per heavy atom. The maximum absolute atomic E-state index is 13.1. The topological polar surface area (TPSA) is 128 Å². The number of amides is 1. The Morgan fingerprint density at radius 2 is 1.88 bits per heavy atom. The van der Waals surface area contributed by atoms with Gasteiger partial charge in [-0.05, 0) is 35.7 Å². The van der Waals surface area contributed by atoms with Crippen LogP contribution in [0.5, 0.6) is 0 Å². The van der Waals surface area contributed by atoms with Crippen molar-refractivity contribution in [3.05, 3.63) is 65.2 Å². The Morgan fingerprint density at radius 3 is 2.62 bits per heavy atom. The van der Waals surface area contributed by atoms with Crippen LogP contribution in [0.3, 0.4) is 0 Å². The number of hydrogen-bond acceptors (Lipinski definition) is 4. The van der Waals surface area contributed by atoms with Crippen molar-refractivity contribution in [3.8, 4) is 0 Å². The normalized spacial score (nSPS) is 15.9. The molecule has 0 saturated heterocycles. The van der Waals surface area contributed by atoms with E-state index < -0.39 is 6.04 Å². The molecule has 0 bridgehead atoms. The van der Waals surface area contributed by atoms with Crippen LogP contribution in [0.1, 0.15) is 27.5 Å². The average molecular weight is 351 g/mol. The highest BCUT2D eigenvalue weighted by molar-refractivity contribution is 5.99. The molecule has 1 aliphatic heterocycles. The second kappa shape index (κ2) is 7.37. The first-order valence-corrected chi connectivity index (χ1v) is 8.32. The van der Waals surface area contributed by atoms with Gasteiger partial charge in [0.15, 0.2) is 11.7 Å². The third-order valence-electron chi connectivity index (χ3n) is 4.40. The quantitative estimate of drug-likeness (QED) is 0.556. The second-order valence-electron chi connectivity index (χ2n) is 6.11. The lowest BCUT2D eigenvalue weighted by Gasteiger charge is -2.36. The molecule has 2 aromatic carbocycles. The average Bonchev–Trinajstić information content (AvgIpc) is 2.65. The zero-order valence-corrected chi connectivity index (χ0v) is 14.3. The maximum Gasteiger partial charge on any atom is 0.254 e. The Bertz CT molecular complexity index is 874. The van der Waals surface area contributed by atoms with Gasteiger partial charge in [0.1, 0.15) is 6.04 Å². The van der Waals surface area contributed by atoms with E-state index in [4.69, 9.17) is 17.2 Å². The Hall–Kier alpha value is -3.19. The minimum absolute atomic E-state index is 0.0855. The number of benzene rings is 2. The molecule has 134 valence electrons. The van der Waals surface area contributed by atoms with Crippen molar-refractivity contribution < 1.29 is 9.59 Å². The molecular weight excluding hydrogens is 330 g/mol. The Balaban J connectivity index is 1.98. The molecule has 3 rings (SSSR count). The van der Waals surface area contributed by atoms with Crippen LogP contribution >= 0.6 is 0 Å². The standard InChI is InChI=1S/C19H21N5O2/c20-11-16(25)17-15-7-2-1-4-12(15)8-9-24(17)18(26)13-5-3-6-14(10-13)23-19(21)22/h1-7,10,17H,8-9,11,20H2,(H4,21,22,23). The molecule has 0 saturated carbocycles. The number of fused-ring (bicyclic) bond motifs is 1. The van der Waals surface area contributed by atoms with Crippen molar-refractivity contribution in [1.29, 1.82) is 0 Å². The summed E-state index contributed by atoms with van der Waals surface area (Å²) in [7, 11) is 0. The van der Waals surface area contributed by atoms with Crippen LogP contribution in [0, 0.1) is 0 Å². The Labute approximate surface area is 151 Å². The van der Waals surface area contributed by atoms with Crippen LogP contribution in [0.2, 0.25) is 0 Å². The third kappa shape index (κ3) is 3.43. The molecule has 0 spiro atoms. The molecule has 0 aliphatic carbocycles. The molecule has 7 nitrogen and oxygen atoms in total. The zero-order chi connectivity index (χ0) is 18.7. The van der Waals surface area contributed by atoms with Gasteiger partial charge >= 0.3 is 0 Å². The summed E-state index contributed by atoms with van der Waals surface area (Å²) in [6.07, 6.45) is 0.684. The molecular formula is C19H21N5O2. The molecule has 7 heteroatoms. The summed E-state index contributed by atoms with van der Waals surface area (Å²) in [6, 6.07) is 13.7. The number of guanidine groups is 1. The van der Waals surface area contributed by atoms with Gasteiger partial charge in [-0.1, -0.05) is 30.3 Å². The lowest BCUT2D eigenvalue weighted by molar-refractivity contribution is -0.122. The van der Waals surface area contributed by atoms with Gasteiger partial charge in [0, 0.05) is 12.1 Å². The molecule has 1 amide bonds. The first-order valence-electron chi connectivity index (χ1n) is 8.32. The highest BCUT2D eigenvalue weighted by Gasteiger charge is 2.35. The molecule has 0 fully saturated rings. The summed E-state index contributed by atoms with van der Waals surface area (Å²) in [6.45, 7) is 0.315. The number of ketones is 1. The second-order valence-corrected chi connectivity index (χ2v) is 6.11. The predicted molar refractivity (Wildman–Crippen MR) is 99.9 cm³/mol. The van der Waals surface area contributed by atoms with Gasteiger partial charge in [-0.2, -0.15) is 0 Å². The summed E-state index contributed by atoms with van der Waals surface area (Å²) < 4.78 is 0. The number of Topliss-reactive ketones (excluding diaryl/α,β-unsaturated/α-hetero) is 1. The van der Waals surface area contributed by atoms with Crippen LogP contribution < -0.4 is 17.2 Å². The summed E-state index contributed by atoms with van der Waals surface area (Å²) in [5, 5.41) is 0. The SMILES string of the molecule is NCC(=O)C1c2ccccc2CCN1C(=O)c1cccc(N=C(N)N)c1. The van der Waals surface area contributed by atoms with Crippen molar-refractivity contribution in [2.24, 2.45) is 22.2 Å². The van der Waals surface area contributed by atoms with Crippen molar-refractivity contribution in [2.45, 2.75) is 12.5 Å². The number of rotatable bonds is 4. The maximum atomic E-state index is 13.1. The number of nitrogens with two attached hydrogens (primary N) is 3. The van der Waals surface area contributed by atoms with Crippen LogP contribution in [0.4, 0.5) is 5.69 Å². The molecule has 1 heterocycles. The lowest BCUT2D eigenvalue weighted by Crippen LogP contribution is -2.45. The van der Waals surface area contributed by atoms with Crippen molar-refractivity contribution in [3.63, 3.8) is 0 Å². The van der Waals surface area contributed by atoms with E-state index in [1.54, 1.807) is 29.2 Å². The van der Waals surface area contributed by atoms with Crippen LogP contribution in [0.25, 0.3) is 0 Å². The van der Waals surface area contributed by atoms with E-state index in [0.29, 0.717) is 24.2 Å². The molecule has 1 aliphatic rings. The predicted octanol–water partition coefficient (Wildman–Crippen LogP) is 0.859. The largest absolute Gasteiger partial charge is 0.370 e. The van der Waals surface area contributed by atoms with Crippen LogP contribution in [-0.4, -0.2) is 35.6 Å². The fourth-order valence-corrected chi connectivity index (χ4v) is 3.27. The fraction of sp³-hybridized carbons (Fsp3) is 0.211. The van der Waals surface area contributed by atoms with E-state index in [1.807, 2.05) is 24.3 Å². The lowest BCUT2D eigenvalue weighted by atomic mass is 9.89. The summed E-state index contributed by atoms with van der Waals surface area (Å²) in [5.41, 5.74) is 19.2. The van der Waals surface area contributed by atoms with Gasteiger partial charge in [0.05, 0.1) is 12.2 Å². The van der Waals surface area contributed by atoms with E-state index in [-0.39, 0.29) is 24.2 Å². The highest BCUT2D eigenvalue weighted by Crippen LogP contribution is 2.32. The molecule has 6 N–H and O–H groups in total. The molecule has 26 heavy (non-hydrogen) atoms. The van der Waals surface area contributed by atoms with Gasteiger partial charge in [-0.15, -0.1) is 0 Å². The summed E-state index contributed by atoms with van der Waals surface area (Å²) >= 11 is 0. The van der Waals surface area contributed by atoms with Crippen molar-refractivity contribution >= 4 is 23.3 Å². The van der Waals surface area contributed by atoms with Crippen molar-refractivity contribution in [1.82, 2.24) is 4.90 Å². The number of carbonyl (C=O) groups excluding carboxylic acids is 2. The number of carbonyl (C=O) groups is 2. The third-order valence-corrected chi connectivity index (χ3v) is 4.40. The Kier molecular flexibility index (Phi) is 4.99. The summed E-state index contributed by atoms with van der Waals surface area (Å²) in [5.74, 6) is -0.525. The molecule has 1 unspecified atom stereocenters. The van der Waals surface area contributed by atoms with E-state index in [1.165, 1.54) is 0 Å². The van der Waals surface area contributed by atoms with Crippen molar-refractivity contribution in [2.75, 3.05) is 13.1 Å². The van der Waals surface area contributed by atoms with Crippen LogP contribution in [0.15, 0.2) is 53.5 Å². The van der Waals surface area contributed by atoms with Crippen LogP contribution in [-0.2, 0) is 11.2 Å². The smallest absolute Gasteiger partial charge is 0.254 e. The van der Waals surface area contributed by atoms with Gasteiger partial charge in [-0.3, -0.25) is 9.59 Å². The van der Waals surface area contributed by atoms with Gasteiger partial charge in [-0.25, -0.2) is 4.99 Å². The molecule has 2 aromatic rings. The number of aliphatic imine (C=N–C) groups is 1. The van der Waals surface area contributed by atoms with Gasteiger partial charge in [0.25, 0.3) is 5.91 Å².